The van der Waals surface area contributed by atoms with Gasteiger partial charge in [-0.15, -0.1) is 23.4 Å². The Kier molecular flexibility index (Phi) is 5.62. The molecule has 0 saturated carbocycles. The molecule has 26 heavy (non-hydrogen) atoms. The molecule has 3 rings (SSSR count). The molecule has 0 spiro atoms. The molecule has 2 saturated heterocycles. The van der Waals surface area contributed by atoms with Crippen LogP contribution in [0.2, 0.25) is 0 Å². The molecule has 0 aliphatic carbocycles. The van der Waals surface area contributed by atoms with Crippen molar-refractivity contribution in [2.24, 2.45) is 5.41 Å². The van der Waals surface area contributed by atoms with Crippen molar-refractivity contribution in [3.05, 3.63) is 29.8 Å². The summed E-state index contributed by atoms with van der Waals surface area (Å²) in [5.41, 5.74) is -0.114. The van der Waals surface area contributed by atoms with Crippen LogP contribution >= 0.6 is 23.4 Å². The highest BCUT2D eigenvalue weighted by molar-refractivity contribution is 8.00. The fraction of sp³-hybridized carbons (Fsp3) is 0.471. The summed E-state index contributed by atoms with van der Waals surface area (Å²) in [5.74, 6) is 0.593. The van der Waals surface area contributed by atoms with Gasteiger partial charge in [0, 0.05) is 18.2 Å². The largest absolute Gasteiger partial charge is 0.497 e. The zero-order chi connectivity index (χ0) is 18.7. The minimum absolute atomic E-state index is 0.0592. The topological polar surface area (TPSA) is 84.9 Å². The zero-order valence-electron chi connectivity index (χ0n) is 14.1. The SMILES string of the molecule is COc1ccc(COC(=O)C2(CCl)CS[C@@H]3C(NC=O)C(=O)N3C2)cc1. The molecule has 0 radical (unpaired) electrons. The van der Waals surface area contributed by atoms with Gasteiger partial charge in [0.2, 0.25) is 12.3 Å². The van der Waals surface area contributed by atoms with Crippen LogP contribution < -0.4 is 10.1 Å². The number of fused-ring (bicyclic) bond motifs is 1. The molecule has 0 bridgehead atoms. The third-order valence-electron chi connectivity index (χ3n) is 4.61. The summed E-state index contributed by atoms with van der Waals surface area (Å²) in [5, 5.41) is 2.36. The number of nitrogens with zero attached hydrogens (tertiary/aromatic N) is 1. The van der Waals surface area contributed by atoms with Crippen LogP contribution in [0.25, 0.3) is 0 Å². The van der Waals surface area contributed by atoms with E-state index in [1.165, 1.54) is 11.8 Å². The number of carbonyl (C=O) groups is 3. The predicted molar refractivity (Wildman–Crippen MR) is 96.9 cm³/mol. The normalized spacial score (nSPS) is 27.2. The van der Waals surface area contributed by atoms with Crippen molar-refractivity contribution < 1.29 is 23.9 Å². The first-order chi connectivity index (χ1) is 12.5. The number of methoxy groups -OCH3 is 1. The van der Waals surface area contributed by atoms with Crippen molar-refractivity contribution in [3.63, 3.8) is 0 Å². The van der Waals surface area contributed by atoms with Crippen molar-refractivity contribution >= 4 is 41.6 Å². The number of hydrogen-bond donors (Lipinski definition) is 1. The standard InChI is InChI=1S/C17H19ClN2O5S/c1-24-12-4-2-11(3-5-12)6-25-16(23)17(7-18)8-20-14(22)13(19-10-21)15(20)26-9-17/h2-5,10,13,15H,6-9H2,1H3,(H,19,21)/t13?,15-,17?/m1/s1. The molecule has 1 aromatic carbocycles. The Bertz CT molecular complexity index is 701. The minimum atomic E-state index is -0.947. The van der Waals surface area contributed by atoms with E-state index in [-0.39, 0.29) is 30.3 Å². The van der Waals surface area contributed by atoms with E-state index in [1.807, 2.05) is 12.1 Å². The summed E-state index contributed by atoms with van der Waals surface area (Å²) in [7, 11) is 1.58. The summed E-state index contributed by atoms with van der Waals surface area (Å²) in [6, 6.07) is 6.70. The Morgan fingerprint density at radius 2 is 2.19 bits per heavy atom. The van der Waals surface area contributed by atoms with Crippen molar-refractivity contribution in [3.8, 4) is 5.75 Å². The molecule has 7 nitrogen and oxygen atoms in total. The smallest absolute Gasteiger partial charge is 0.316 e. The van der Waals surface area contributed by atoms with E-state index in [9.17, 15) is 14.4 Å². The fourth-order valence-corrected chi connectivity index (χ4v) is 4.95. The average molecular weight is 399 g/mol. The second kappa shape index (κ2) is 7.75. The van der Waals surface area contributed by atoms with Crippen LogP contribution in [-0.2, 0) is 25.7 Å². The van der Waals surface area contributed by atoms with Gasteiger partial charge < -0.3 is 19.7 Å². The molecular weight excluding hydrogens is 380 g/mol. The maximum absolute atomic E-state index is 12.7. The molecule has 3 atom stereocenters. The van der Waals surface area contributed by atoms with Crippen LogP contribution in [0, 0.1) is 5.41 Å². The van der Waals surface area contributed by atoms with Gasteiger partial charge in [0.1, 0.15) is 29.2 Å². The number of nitrogens with one attached hydrogen (secondary N) is 1. The molecule has 2 aliphatic rings. The molecular formula is C17H19ClN2O5S. The number of thioether (sulfide) groups is 1. The highest BCUT2D eigenvalue weighted by Crippen LogP contribution is 2.43. The number of carbonyl (C=O) groups excluding carboxylic acids is 3. The fourth-order valence-electron chi connectivity index (χ4n) is 3.00. The first-order valence-corrected chi connectivity index (χ1v) is 9.61. The van der Waals surface area contributed by atoms with E-state index in [2.05, 4.69) is 5.32 Å². The first-order valence-electron chi connectivity index (χ1n) is 8.02. The lowest BCUT2D eigenvalue weighted by Crippen LogP contribution is -2.73. The Balaban J connectivity index is 1.61. The maximum Gasteiger partial charge on any atom is 0.316 e. The zero-order valence-corrected chi connectivity index (χ0v) is 15.7. The Labute approximate surface area is 160 Å². The van der Waals surface area contributed by atoms with E-state index in [1.54, 1.807) is 24.1 Å². The number of rotatable bonds is 7. The van der Waals surface area contributed by atoms with Gasteiger partial charge in [-0.3, -0.25) is 14.4 Å². The Morgan fingerprint density at radius 3 is 2.81 bits per heavy atom. The van der Waals surface area contributed by atoms with Crippen molar-refractivity contribution in [1.29, 1.82) is 0 Å². The molecule has 2 aliphatic heterocycles. The maximum atomic E-state index is 12.7. The van der Waals surface area contributed by atoms with Crippen LogP contribution in [-0.4, -0.2) is 59.9 Å². The number of β-lactam (4-membered cyclic amide) rings is 1. The van der Waals surface area contributed by atoms with Gasteiger partial charge in [0.05, 0.1) is 7.11 Å². The molecule has 2 unspecified atom stereocenters. The quantitative estimate of drug-likeness (QED) is 0.319. The molecule has 1 N–H and O–H groups in total. The van der Waals surface area contributed by atoms with Gasteiger partial charge in [-0.25, -0.2) is 0 Å². The van der Waals surface area contributed by atoms with E-state index in [0.29, 0.717) is 12.2 Å². The van der Waals surface area contributed by atoms with Crippen LogP contribution in [0.4, 0.5) is 0 Å². The lowest BCUT2D eigenvalue weighted by molar-refractivity contribution is -0.162. The highest BCUT2D eigenvalue weighted by atomic mass is 35.5. The van der Waals surface area contributed by atoms with E-state index in [4.69, 9.17) is 21.1 Å². The number of hydrogen-bond acceptors (Lipinski definition) is 6. The van der Waals surface area contributed by atoms with Gasteiger partial charge in [0.25, 0.3) is 0 Å². The lowest BCUT2D eigenvalue weighted by atomic mass is 9.89. The molecule has 2 fully saturated rings. The van der Waals surface area contributed by atoms with E-state index in [0.717, 1.165) is 11.3 Å². The summed E-state index contributed by atoms with van der Waals surface area (Å²) in [4.78, 5) is 37.0. The number of halogens is 1. The number of amides is 2. The number of ether oxygens (including phenoxy) is 2. The third kappa shape index (κ3) is 3.35. The predicted octanol–water partition coefficient (Wildman–Crippen LogP) is 0.993. The monoisotopic (exact) mass is 398 g/mol. The van der Waals surface area contributed by atoms with Gasteiger partial charge in [-0.05, 0) is 17.7 Å². The molecule has 9 heteroatoms. The molecule has 2 amide bonds. The van der Waals surface area contributed by atoms with E-state index < -0.39 is 17.4 Å². The molecule has 140 valence electrons. The van der Waals surface area contributed by atoms with Crippen LogP contribution in [0.15, 0.2) is 24.3 Å². The van der Waals surface area contributed by atoms with E-state index >= 15 is 0 Å². The Hall–Kier alpha value is -1.93. The van der Waals surface area contributed by atoms with Crippen molar-refractivity contribution in [1.82, 2.24) is 10.2 Å². The Morgan fingerprint density at radius 1 is 1.46 bits per heavy atom. The summed E-state index contributed by atoms with van der Waals surface area (Å²) in [6.07, 6.45) is 0.521. The highest BCUT2D eigenvalue weighted by Gasteiger charge is 2.57. The number of esters is 1. The van der Waals surface area contributed by atoms with Gasteiger partial charge in [-0.2, -0.15) is 0 Å². The summed E-state index contributed by atoms with van der Waals surface area (Å²) >= 11 is 7.53. The average Bonchev–Trinajstić information content (AvgIpc) is 2.69. The molecule has 1 aromatic rings. The summed E-state index contributed by atoms with van der Waals surface area (Å²) < 4.78 is 10.6. The van der Waals surface area contributed by atoms with Crippen LogP contribution in [0.5, 0.6) is 5.75 Å². The number of benzene rings is 1. The second-order valence-corrected chi connectivity index (χ2v) is 7.64. The summed E-state index contributed by atoms with van der Waals surface area (Å²) in [6.45, 7) is 0.324. The van der Waals surface area contributed by atoms with Gasteiger partial charge in [0.15, 0.2) is 0 Å². The molecule has 0 aromatic heterocycles. The lowest BCUT2D eigenvalue weighted by Gasteiger charge is -2.53. The van der Waals surface area contributed by atoms with Crippen LogP contribution in [0.1, 0.15) is 5.56 Å². The minimum Gasteiger partial charge on any atom is -0.497 e. The third-order valence-corrected chi connectivity index (χ3v) is 6.71. The van der Waals surface area contributed by atoms with Crippen LogP contribution in [0.3, 0.4) is 0 Å². The van der Waals surface area contributed by atoms with Gasteiger partial charge in [-0.1, -0.05) is 12.1 Å². The van der Waals surface area contributed by atoms with Gasteiger partial charge >= 0.3 is 5.97 Å². The van der Waals surface area contributed by atoms with Crippen molar-refractivity contribution in [2.75, 3.05) is 25.3 Å². The second-order valence-electron chi connectivity index (χ2n) is 6.27. The number of alkyl halides is 1. The first kappa shape index (κ1) is 18.8. The molecule has 2 heterocycles. The van der Waals surface area contributed by atoms with Crippen molar-refractivity contribution in [2.45, 2.75) is 18.0 Å².